The van der Waals surface area contributed by atoms with E-state index in [1.165, 1.54) is 95.1 Å². The van der Waals surface area contributed by atoms with Gasteiger partial charge in [-0.2, -0.15) is 0 Å². The number of benzene rings is 4. The third-order valence-electron chi connectivity index (χ3n) is 10.3. The van der Waals surface area contributed by atoms with Crippen LogP contribution in [0.3, 0.4) is 0 Å². The third kappa shape index (κ3) is 6.47. The molecule has 6 rings (SSSR count). The number of aryl methyl sites for hydroxylation is 2. The first kappa shape index (κ1) is 31.6. The van der Waals surface area contributed by atoms with Crippen molar-refractivity contribution in [3.63, 3.8) is 0 Å². The lowest BCUT2D eigenvalue weighted by atomic mass is 9.88. The molecule has 4 aromatic rings. The maximum absolute atomic E-state index is 2.61. The highest BCUT2D eigenvalue weighted by Gasteiger charge is 2.31. The molecule has 1 heteroatoms. The molecule has 0 amide bonds. The van der Waals surface area contributed by atoms with Gasteiger partial charge in [-0.25, -0.2) is 0 Å². The van der Waals surface area contributed by atoms with Crippen LogP contribution in [0.2, 0.25) is 12.1 Å². The smallest absolute Gasteiger partial charge is 0.0397 e. The first-order chi connectivity index (χ1) is 22.2. The van der Waals surface area contributed by atoms with Crippen molar-refractivity contribution in [1.29, 1.82) is 0 Å². The van der Waals surface area contributed by atoms with Crippen molar-refractivity contribution in [2.45, 2.75) is 103 Å². The first-order valence-electron chi connectivity index (χ1n) is 17.7. The average molecular weight is 607 g/mol. The normalized spacial score (nSPS) is 16.8. The molecule has 0 aromatic heterocycles. The van der Waals surface area contributed by atoms with Crippen molar-refractivity contribution in [1.82, 2.24) is 0 Å². The van der Waals surface area contributed by atoms with Gasteiger partial charge in [-0.1, -0.05) is 161 Å². The van der Waals surface area contributed by atoms with Crippen molar-refractivity contribution >= 4 is 21.7 Å². The predicted molar refractivity (Wildman–Crippen MR) is 198 cm³/mol. The van der Waals surface area contributed by atoms with Gasteiger partial charge < -0.3 is 0 Å². The Kier molecular flexibility index (Phi) is 10.4. The summed E-state index contributed by atoms with van der Waals surface area (Å²) in [6.07, 6.45) is 14.9. The molecular weight excluding hydrogens is 557 g/mol. The van der Waals surface area contributed by atoms with Crippen LogP contribution >= 0.6 is 0 Å². The van der Waals surface area contributed by atoms with Crippen LogP contribution in [0.15, 0.2) is 96.1 Å². The highest BCUT2D eigenvalue weighted by molar-refractivity contribution is 6.36. The number of hydrogen-bond donors (Lipinski definition) is 0. The molecule has 4 aromatic carbocycles. The number of hydrogen-bond acceptors (Lipinski definition) is 0. The average Bonchev–Trinajstić information content (AvgIpc) is 3.63. The molecule has 2 aliphatic carbocycles. The summed E-state index contributed by atoms with van der Waals surface area (Å²) in [6.45, 7) is 9.28. The topological polar surface area (TPSA) is 0 Å². The van der Waals surface area contributed by atoms with Crippen LogP contribution in [-0.2, 0) is 12.8 Å². The zero-order valence-electron chi connectivity index (χ0n) is 28.0. The highest BCUT2D eigenvalue weighted by atomic mass is 28.2. The Morgan fingerprint density at radius 1 is 0.511 bits per heavy atom. The quantitative estimate of drug-likeness (QED) is 0.125. The molecule has 230 valence electrons. The molecule has 45 heavy (non-hydrogen) atoms. The van der Waals surface area contributed by atoms with Gasteiger partial charge in [0.1, 0.15) is 0 Å². The summed E-state index contributed by atoms with van der Waals surface area (Å²) >= 11 is 0. The Bertz CT molecular complexity index is 1530. The lowest BCUT2D eigenvalue weighted by molar-refractivity contribution is 0.730. The van der Waals surface area contributed by atoms with Crippen LogP contribution in [0.4, 0.5) is 0 Å². The second kappa shape index (κ2) is 14.8. The van der Waals surface area contributed by atoms with Crippen LogP contribution in [-0.4, -0.2) is 9.52 Å². The van der Waals surface area contributed by atoms with E-state index in [1.807, 2.05) is 0 Å². The van der Waals surface area contributed by atoms with Gasteiger partial charge in [0.15, 0.2) is 0 Å². The van der Waals surface area contributed by atoms with E-state index in [0.717, 1.165) is 22.4 Å². The van der Waals surface area contributed by atoms with Crippen LogP contribution in [0.25, 0.3) is 34.4 Å². The fourth-order valence-corrected chi connectivity index (χ4v) is 9.55. The molecule has 2 atom stereocenters. The molecule has 0 saturated heterocycles. The number of allylic oxidation sites excluding steroid dienone is 2. The molecule has 0 heterocycles. The zero-order chi connectivity index (χ0) is 31.2. The SMILES string of the molecule is CCCCC1=Cc2c(ccc(CC)c2-c2ccccc2)C1C[Si]CC1C(CCCC)=Cc2c1ccc(CC)c2-c1ccccc1. The fraction of sp³-hybridized carbons (Fsp3) is 0.364. The zero-order valence-corrected chi connectivity index (χ0v) is 29.0. The summed E-state index contributed by atoms with van der Waals surface area (Å²) in [6, 6.07) is 34.7. The summed E-state index contributed by atoms with van der Waals surface area (Å²) < 4.78 is 0. The van der Waals surface area contributed by atoms with E-state index in [0.29, 0.717) is 11.8 Å². The molecular formula is C44H50Si. The summed E-state index contributed by atoms with van der Waals surface area (Å²) in [7, 11) is 0.946. The van der Waals surface area contributed by atoms with Gasteiger partial charge >= 0.3 is 0 Å². The van der Waals surface area contributed by atoms with Gasteiger partial charge in [0.2, 0.25) is 0 Å². The second-order valence-electron chi connectivity index (χ2n) is 13.1. The van der Waals surface area contributed by atoms with Crippen molar-refractivity contribution in [2.75, 3.05) is 0 Å². The van der Waals surface area contributed by atoms with Crippen molar-refractivity contribution in [2.24, 2.45) is 0 Å². The Labute approximate surface area is 275 Å². The Balaban J connectivity index is 1.30. The van der Waals surface area contributed by atoms with Gasteiger partial charge in [0, 0.05) is 21.4 Å². The molecule has 0 spiro atoms. The fourth-order valence-electron chi connectivity index (χ4n) is 7.84. The second-order valence-corrected chi connectivity index (χ2v) is 14.4. The lowest BCUT2D eigenvalue weighted by Crippen LogP contribution is -2.09. The van der Waals surface area contributed by atoms with Crippen LogP contribution in [0.5, 0.6) is 0 Å². The molecule has 0 nitrogen and oxygen atoms in total. The Morgan fingerprint density at radius 3 is 1.31 bits per heavy atom. The van der Waals surface area contributed by atoms with E-state index in [2.05, 4.69) is 125 Å². The third-order valence-corrected chi connectivity index (χ3v) is 11.7. The Morgan fingerprint density at radius 2 is 0.933 bits per heavy atom. The van der Waals surface area contributed by atoms with Gasteiger partial charge in [-0.3, -0.25) is 0 Å². The number of rotatable bonds is 14. The maximum atomic E-state index is 2.61. The standard InChI is InChI=1S/C44H50Si/c1-5-9-17-35-27-39-37(25-23-31(7-3)43(39)33-19-13-11-14-20-33)41(35)29-45-30-42-36(18-10-6-2)28-40-38(42)26-24-32(8-4)44(40)34-21-15-12-16-22-34/h11-16,19-28,41-42H,5-10,17-18,29-30H2,1-4H3. The molecule has 0 bridgehead atoms. The molecule has 0 saturated carbocycles. The summed E-state index contributed by atoms with van der Waals surface area (Å²) in [5, 5.41) is 0. The molecule has 2 unspecified atom stereocenters. The lowest BCUT2D eigenvalue weighted by Gasteiger charge is -2.22. The molecule has 0 aliphatic heterocycles. The minimum absolute atomic E-state index is 0.560. The number of unbranched alkanes of at least 4 members (excludes halogenated alkanes) is 2. The molecule has 2 radical (unpaired) electrons. The number of fused-ring (bicyclic) bond motifs is 2. The van der Waals surface area contributed by atoms with E-state index < -0.39 is 0 Å². The van der Waals surface area contributed by atoms with Gasteiger partial charge in [0.05, 0.1) is 0 Å². The van der Waals surface area contributed by atoms with Crippen LogP contribution in [0.1, 0.15) is 111 Å². The van der Waals surface area contributed by atoms with E-state index >= 15 is 0 Å². The minimum atomic E-state index is 0.560. The van der Waals surface area contributed by atoms with E-state index in [-0.39, 0.29) is 0 Å². The van der Waals surface area contributed by atoms with Gasteiger partial charge in [-0.15, -0.1) is 0 Å². The van der Waals surface area contributed by atoms with E-state index in [9.17, 15) is 0 Å². The minimum Gasteiger partial charge on any atom is -0.0654 e. The van der Waals surface area contributed by atoms with Crippen molar-refractivity contribution in [3.8, 4) is 22.3 Å². The van der Waals surface area contributed by atoms with Gasteiger partial charge in [-0.05, 0) is 94.2 Å². The summed E-state index contributed by atoms with van der Waals surface area (Å²) in [5.74, 6) is 1.12. The monoisotopic (exact) mass is 606 g/mol. The van der Waals surface area contributed by atoms with Crippen LogP contribution in [0, 0.1) is 0 Å². The summed E-state index contributed by atoms with van der Waals surface area (Å²) in [4.78, 5) is 0. The van der Waals surface area contributed by atoms with E-state index in [1.54, 1.807) is 22.3 Å². The molecule has 0 fully saturated rings. The largest absolute Gasteiger partial charge is 0.0654 e. The van der Waals surface area contributed by atoms with Crippen molar-refractivity contribution in [3.05, 3.63) is 129 Å². The maximum Gasteiger partial charge on any atom is 0.0397 e. The Hall–Kier alpha value is -3.42. The van der Waals surface area contributed by atoms with Gasteiger partial charge in [0.25, 0.3) is 0 Å². The molecule has 2 aliphatic rings. The first-order valence-corrected chi connectivity index (χ1v) is 19.1. The van der Waals surface area contributed by atoms with E-state index in [4.69, 9.17) is 0 Å². The highest BCUT2D eigenvalue weighted by Crippen LogP contribution is 2.49. The molecule has 0 N–H and O–H groups in total. The predicted octanol–water partition coefficient (Wildman–Crippen LogP) is 12.7. The van der Waals surface area contributed by atoms with Crippen LogP contribution < -0.4 is 0 Å². The van der Waals surface area contributed by atoms with Crippen molar-refractivity contribution < 1.29 is 0 Å². The summed E-state index contributed by atoms with van der Waals surface area (Å²) in [5.41, 5.74) is 18.2.